The zero-order valence-electron chi connectivity index (χ0n) is 17.3. The molecule has 0 aromatic carbocycles. The van der Waals surface area contributed by atoms with Crippen LogP contribution in [0.5, 0.6) is 0 Å². The smallest absolute Gasteiger partial charge is 0.0622 e. The highest BCUT2D eigenvalue weighted by Gasteiger charge is 2.62. The number of methoxy groups -OCH3 is 1. The van der Waals surface area contributed by atoms with Crippen molar-refractivity contribution in [1.29, 1.82) is 0 Å². The first kappa shape index (κ1) is 19.2. The van der Waals surface area contributed by atoms with Gasteiger partial charge in [0.1, 0.15) is 0 Å². The first-order valence-corrected chi connectivity index (χ1v) is 11.1. The van der Waals surface area contributed by atoms with E-state index in [4.69, 9.17) is 4.74 Å². The van der Waals surface area contributed by atoms with Crippen molar-refractivity contribution in [3.63, 3.8) is 0 Å². The molecule has 0 radical (unpaired) electrons. The van der Waals surface area contributed by atoms with Crippen molar-refractivity contribution in [2.45, 2.75) is 90.3 Å². The molecule has 0 aromatic heterocycles. The predicted octanol–water partition coefficient (Wildman–Crippen LogP) is 4.40. The molecule has 2 N–H and O–H groups in total. The zero-order valence-corrected chi connectivity index (χ0v) is 17.3. The highest BCUT2D eigenvalue weighted by Crippen LogP contribution is 2.68. The van der Waals surface area contributed by atoms with Crippen LogP contribution in [0.4, 0.5) is 0 Å². The molecule has 3 heteroatoms. The number of fused-ring (bicyclic) bond motifs is 5. The Balaban J connectivity index is 1.64. The van der Waals surface area contributed by atoms with Crippen LogP contribution >= 0.6 is 0 Å². The topological polar surface area (TPSA) is 49.7 Å². The highest BCUT2D eigenvalue weighted by molar-refractivity contribution is 5.11. The van der Waals surface area contributed by atoms with Gasteiger partial charge in [-0.25, -0.2) is 0 Å². The minimum atomic E-state index is -0.483. The van der Waals surface area contributed by atoms with E-state index < -0.39 is 5.60 Å². The van der Waals surface area contributed by atoms with Crippen molar-refractivity contribution < 1.29 is 14.9 Å². The lowest BCUT2D eigenvalue weighted by Gasteiger charge is -2.62. The second-order valence-corrected chi connectivity index (χ2v) is 11.0. The normalized spacial score (nSPS) is 54.9. The SMILES string of the molecule is COC[C@]12CCC(C)(O)C[C@@H]1CC[C@H]1[C@@H]3CC[C@H](C(C)O)[C@@]3(C)CC[C@@H]12. The number of rotatable bonds is 3. The molecule has 2 unspecified atom stereocenters. The van der Waals surface area contributed by atoms with Crippen molar-refractivity contribution in [3.8, 4) is 0 Å². The molecule has 0 spiro atoms. The molecule has 150 valence electrons. The molecule has 0 aliphatic heterocycles. The molecule has 0 bridgehead atoms. The molecule has 0 amide bonds. The summed E-state index contributed by atoms with van der Waals surface area (Å²) in [4.78, 5) is 0. The summed E-state index contributed by atoms with van der Waals surface area (Å²) in [6.45, 7) is 7.41. The summed E-state index contributed by atoms with van der Waals surface area (Å²) in [5.41, 5.74) is 0.128. The van der Waals surface area contributed by atoms with Gasteiger partial charge >= 0.3 is 0 Å². The highest BCUT2D eigenvalue weighted by atomic mass is 16.5. The molecule has 4 fully saturated rings. The van der Waals surface area contributed by atoms with Crippen molar-refractivity contribution in [2.75, 3.05) is 13.7 Å². The molecule has 0 aromatic rings. The van der Waals surface area contributed by atoms with Gasteiger partial charge in [0.2, 0.25) is 0 Å². The van der Waals surface area contributed by atoms with Gasteiger partial charge in [0.25, 0.3) is 0 Å². The van der Waals surface area contributed by atoms with Crippen LogP contribution in [-0.2, 0) is 4.74 Å². The lowest BCUT2D eigenvalue weighted by molar-refractivity contribution is -0.176. The fourth-order valence-electron chi connectivity index (χ4n) is 8.62. The van der Waals surface area contributed by atoms with Gasteiger partial charge in [-0.2, -0.15) is 0 Å². The average Bonchev–Trinajstić information content (AvgIpc) is 2.92. The van der Waals surface area contributed by atoms with Crippen molar-refractivity contribution in [2.24, 2.45) is 40.4 Å². The van der Waals surface area contributed by atoms with E-state index in [9.17, 15) is 10.2 Å². The number of ether oxygens (including phenoxy) is 1. The third-order valence-electron chi connectivity index (χ3n) is 9.72. The summed E-state index contributed by atoms with van der Waals surface area (Å²) in [5, 5.41) is 21.1. The molecule has 3 nitrogen and oxygen atoms in total. The van der Waals surface area contributed by atoms with Crippen LogP contribution in [0.2, 0.25) is 0 Å². The molecule has 26 heavy (non-hydrogen) atoms. The summed E-state index contributed by atoms with van der Waals surface area (Å²) in [6.07, 6.45) is 10.5. The van der Waals surface area contributed by atoms with Crippen LogP contribution in [0.25, 0.3) is 0 Å². The standard InChI is InChI=1S/C23H40O3/c1-15(24)18-7-8-19-17-6-5-16-13-21(2,25)11-12-23(16,14-26-4)20(17)9-10-22(18,19)3/h15-20,24-25H,5-14H2,1-4H3/t15?,16-,17-,18+,19-,20-,21?,22+,23+/m0/s1. The second kappa shape index (κ2) is 6.46. The third kappa shape index (κ3) is 2.71. The van der Waals surface area contributed by atoms with Gasteiger partial charge in [0.15, 0.2) is 0 Å². The van der Waals surface area contributed by atoms with E-state index in [1.54, 1.807) is 0 Å². The molecule has 0 heterocycles. The van der Waals surface area contributed by atoms with Crippen molar-refractivity contribution >= 4 is 0 Å². The maximum Gasteiger partial charge on any atom is 0.0622 e. The number of aliphatic hydroxyl groups excluding tert-OH is 1. The Hall–Kier alpha value is -0.120. The van der Waals surface area contributed by atoms with Gasteiger partial charge in [-0.15, -0.1) is 0 Å². The molecule has 4 rings (SSSR count). The Morgan fingerprint density at radius 3 is 2.46 bits per heavy atom. The predicted molar refractivity (Wildman–Crippen MR) is 104 cm³/mol. The lowest BCUT2D eigenvalue weighted by Crippen LogP contribution is -2.58. The Kier molecular flexibility index (Phi) is 4.77. The summed E-state index contributed by atoms with van der Waals surface area (Å²) in [7, 11) is 1.87. The maximum absolute atomic E-state index is 10.7. The van der Waals surface area contributed by atoms with Gasteiger partial charge in [0, 0.05) is 7.11 Å². The van der Waals surface area contributed by atoms with E-state index in [2.05, 4.69) is 6.92 Å². The van der Waals surface area contributed by atoms with E-state index in [0.29, 0.717) is 17.3 Å². The van der Waals surface area contributed by atoms with Gasteiger partial charge in [0.05, 0.1) is 18.3 Å². The molecule has 4 aliphatic carbocycles. The summed E-state index contributed by atoms with van der Waals surface area (Å²) in [6, 6.07) is 0. The van der Waals surface area contributed by atoms with E-state index in [1.807, 2.05) is 21.0 Å². The Labute approximate surface area is 159 Å². The molecular formula is C23H40O3. The van der Waals surface area contributed by atoms with Crippen LogP contribution in [-0.4, -0.2) is 35.6 Å². The zero-order chi connectivity index (χ0) is 18.7. The molecular weight excluding hydrogens is 324 g/mol. The first-order chi connectivity index (χ1) is 12.2. The van der Waals surface area contributed by atoms with Crippen molar-refractivity contribution in [1.82, 2.24) is 0 Å². The first-order valence-electron chi connectivity index (χ1n) is 11.1. The largest absolute Gasteiger partial charge is 0.393 e. The van der Waals surface area contributed by atoms with E-state index in [0.717, 1.165) is 43.6 Å². The monoisotopic (exact) mass is 364 g/mol. The van der Waals surface area contributed by atoms with Crippen LogP contribution in [0, 0.1) is 40.4 Å². The molecule has 4 aliphatic rings. The van der Waals surface area contributed by atoms with Gasteiger partial charge in [-0.3, -0.25) is 0 Å². The van der Waals surface area contributed by atoms with Crippen molar-refractivity contribution in [3.05, 3.63) is 0 Å². The summed E-state index contributed by atoms with van der Waals surface area (Å²) in [5.74, 6) is 3.43. The third-order valence-corrected chi connectivity index (χ3v) is 9.72. The summed E-state index contributed by atoms with van der Waals surface area (Å²) < 4.78 is 5.83. The average molecular weight is 365 g/mol. The van der Waals surface area contributed by atoms with E-state index >= 15 is 0 Å². The van der Waals surface area contributed by atoms with Gasteiger partial charge < -0.3 is 14.9 Å². The molecule has 9 atom stereocenters. The Bertz CT molecular complexity index is 530. The number of hydrogen-bond acceptors (Lipinski definition) is 3. The van der Waals surface area contributed by atoms with Crippen LogP contribution in [0.3, 0.4) is 0 Å². The van der Waals surface area contributed by atoms with E-state index in [1.165, 1.54) is 38.5 Å². The molecule has 4 saturated carbocycles. The number of hydrogen-bond donors (Lipinski definition) is 2. The van der Waals surface area contributed by atoms with E-state index in [-0.39, 0.29) is 11.5 Å². The van der Waals surface area contributed by atoms with Crippen LogP contribution < -0.4 is 0 Å². The number of aliphatic hydroxyl groups is 2. The quantitative estimate of drug-likeness (QED) is 0.780. The minimum absolute atomic E-state index is 0.171. The minimum Gasteiger partial charge on any atom is -0.393 e. The van der Waals surface area contributed by atoms with Gasteiger partial charge in [-0.1, -0.05) is 6.92 Å². The maximum atomic E-state index is 10.7. The Morgan fingerprint density at radius 1 is 1.00 bits per heavy atom. The van der Waals surface area contributed by atoms with Crippen LogP contribution in [0.15, 0.2) is 0 Å². The lowest BCUT2D eigenvalue weighted by atomic mass is 9.43. The second-order valence-electron chi connectivity index (χ2n) is 11.0. The molecule has 0 saturated heterocycles. The summed E-state index contributed by atoms with van der Waals surface area (Å²) >= 11 is 0. The fraction of sp³-hybridized carbons (Fsp3) is 1.00. The Morgan fingerprint density at radius 2 is 1.77 bits per heavy atom. The van der Waals surface area contributed by atoms with Gasteiger partial charge in [-0.05, 0) is 112 Å². The fourth-order valence-corrected chi connectivity index (χ4v) is 8.62. The van der Waals surface area contributed by atoms with Crippen LogP contribution in [0.1, 0.15) is 78.6 Å².